The maximum absolute atomic E-state index is 13.4. The predicted octanol–water partition coefficient (Wildman–Crippen LogP) is 3.95. The van der Waals surface area contributed by atoms with Gasteiger partial charge >= 0.3 is 0 Å². The first-order valence-corrected chi connectivity index (χ1v) is 11.4. The van der Waals surface area contributed by atoms with Crippen molar-refractivity contribution >= 4 is 40.8 Å². The number of rotatable bonds is 4. The van der Waals surface area contributed by atoms with Crippen molar-refractivity contribution in [1.29, 1.82) is 0 Å². The van der Waals surface area contributed by atoms with Gasteiger partial charge in [0.2, 0.25) is 0 Å². The molecule has 0 saturated carbocycles. The molecule has 3 aliphatic rings. The van der Waals surface area contributed by atoms with Crippen LogP contribution in [0.3, 0.4) is 0 Å². The summed E-state index contributed by atoms with van der Waals surface area (Å²) >= 11 is 6.16. The SMILES string of the molecule is Cc1c(C=C2C(=O)Nc3ccc(Cl)cc32)[nH]c2c1C(=O)N(CCN1CCCC1)CCC2. The van der Waals surface area contributed by atoms with Gasteiger partial charge in [-0.25, -0.2) is 0 Å². The summed E-state index contributed by atoms with van der Waals surface area (Å²) < 4.78 is 0. The number of aryl methyl sites for hydroxylation is 1. The van der Waals surface area contributed by atoms with E-state index in [9.17, 15) is 9.59 Å². The first kappa shape index (κ1) is 20.3. The van der Waals surface area contributed by atoms with E-state index in [2.05, 4.69) is 15.2 Å². The summed E-state index contributed by atoms with van der Waals surface area (Å²) in [5.74, 6) is -0.0514. The minimum absolute atomic E-state index is 0.101. The van der Waals surface area contributed by atoms with Gasteiger partial charge in [0.05, 0.1) is 11.1 Å². The van der Waals surface area contributed by atoms with Crippen molar-refractivity contribution in [2.24, 2.45) is 0 Å². The fraction of sp³-hybridized carbons (Fsp3) is 0.417. The van der Waals surface area contributed by atoms with Crippen molar-refractivity contribution in [3.05, 3.63) is 51.3 Å². The number of aromatic amines is 1. The van der Waals surface area contributed by atoms with Gasteiger partial charge < -0.3 is 20.1 Å². The number of carbonyl (C=O) groups is 2. The third-order valence-corrected chi connectivity index (χ3v) is 6.90. The van der Waals surface area contributed by atoms with E-state index in [1.54, 1.807) is 12.1 Å². The Labute approximate surface area is 187 Å². The van der Waals surface area contributed by atoms with E-state index in [-0.39, 0.29) is 11.8 Å². The van der Waals surface area contributed by atoms with Crippen molar-refractivity contribution in [3.63, 3.8) is 0 Å². The summed E-state index contributed by atoms with van der Waals surface area (Å²) in [5, 5.41) is 3.47. The molecule has 1 aromatic heterocycles. The number of likely N-dealkylation sites (tertiary alicyclic amines) is 1. The summed E-state index contributed by atoms with van der Waals surface area (Å²) in [5.41, 5.74) is 5.59. The monoisotopic (exact) mass is 438 g/mol. The molecule has 3 aliphatic heterocycles. The Hall–Kier alpha value is -2.57. The quantitative estimate of drug-likeness (QED) is 0.710. The molecule has 0 atom stereocenters. The van der Waals surface area contributed by atoms with Gasteiger partial charge in [0.25, 0.3) is 11.8 Å². The van der Waals surface area contributed by atoms with Gasteiger partial charge in [0, 0.05) is 47.3 Å². The maximum atomic E-state index is 13.4. The number of fused-ring (bicyclic) bond motifs is 2. The van der Waals surface area contributed by atoms with Gasteiger partial charge in [-0.1, -0.05) is 11.6 Å². The number of carbonyl (C=O) groups excluding carboxylic acids is 2. The lowest BCUT2D eigenvalue weighted by Gasteiger charge is -2.24. The molecular weight excluding hydrogens is 412 g/mol. The number of aromatic nitrogens is 1. The number of hydrogen-bond donors (Lipinski definition) is 2. The lowest BCUT2D eigenvalue weighted by molar-refractivity contribution is -0.110. The Morgan fingerprint density at radius 3 is 2.71 bits per heavy atom. The highest BCUT2D eigenvalue weighted by molar-refractivity contribution is 6.36. The second-order valence-electron chi connectivity index (χ2n) is 8.66. The van der Waals surface area contributed by atoms with Crippen molar-refractivity contribution in [3.8, 4) is 0 Å². The molecule has 0 unspecified atom stereocenters. The second kappa shape index (κ2) is 8.17. The minimum Gasteiger partial charge on any atom is -0.358 e. The van der Waals surface area contributed by atoms with Gasteiger partial charge in [0.1, 0.15) is 0 Å². The molecule has 1 fully saturated rings. The van der Waals surface area contributed by atoms with Gasteiger partial charge in [-0.2, -0.15) is 0 Å². The van der Waals surface area contributed by atoms with E-state index in [4.69, 9.17) is 11.6 Å². The molecule has 0 spiro atoms. The zero-order valence-corrected chi connectivity index (χ0v) is 18.5. The molecular formula is C24H27ClN4O2. The lowest BCUT2D eigenvalue weighted by Crippen LogP contribution is -2.38. The fourth-order valence-electron chi connectivity index (χ4n) is 4.94. The number of H-pyrrole nitrogens is 1. The number of anilines is 1. The van der Waals surface area contributed by atoms with Crippen molar-refractivity contribution in [1.82, 2.24) is 14.8 Å². The molecule has 162 valence electrons. The van der Waals surface area contributed by atoms with Crippen LogP contribution in [0.5, 0.6) is 0 Å². The van der Waals surface area contributed by atoms with E-state index in [1.807, 2.05) is 24.0 Å². The Morgan fingerprint density at radius 2 is 1.90 bits per heavy atom. The number of benzene rings is 1. The standard InChI is InChI=1S/C24H27ClN4O2/c1-15-21(14-18-17-13-16(25)6-7-19(17)27-23(18)30)26-20-5-4-10-29(24(31)22(15)20)12-11-28-8-2-3-9-28/h6-7,13-14,26H,2-5,8-12H2,1H3,(H,27,30). The van der Waals surface area contributed by atoms with Crippen LogP contribution in [-0.2, 0) is 11.2 Å². The highest BCUT2D eigenvalue weighted by atomic mass is 35.5. The van der Waals surface area contributed by atoms with Crippen molar-refractivity contribution in [2.45, 2.75) is 32.6 Å². The van der Waals surface area contributed by atoms with Gasteiger partial charge in [-0.3, -0.25) is 9.59 Å². The van der Waals surface area contributed by atoms with Crippen LogP contribution in [0.2, 0.25) is 5.02 Å². The smallest absolute Gasteiger partial charge is 0.256 e. The van der Waals surface area contributed by atoms with E-state index < -0.39 is 0 Å². The molecule has 6 nitrogen and oxygen atoms in total. The van der Waals surface area contributed by atoms with E-state index in [1.165, 1.54) is 12.8 Å². The van der Waals surface area contributed by atoms with Crippen LogP contribution in [0, 0.1) is 6.92 Å². The topological polar surface area (TPSA) is 68.4 Å². The predicted molar refractivity (Wildman–Crippen MR) is 123 cm³/mol. The number of nitrogens with one attached hydrogen (secondary N) is 2. The maximum Gasteiger partial charge on any atom is 0.256 e. The third kappa shape index (κ3) is 3.79. The van der Waals surface area contributed by atoms with Crippen LogP contribution in [0.15, 0.2) is 18.2 Å². The number of amides is 2. The zero-order chi connectivity index (χ0) is 21.5. The largest absolute Gasteiger partial charge is 0.358 e. The molecule has 7 heteroatoms. The summed E-state index contributed by atoms with van der Waals surface area (Å²) in [4.78, 5) is 33.8. The van der Waals surface area contributed by atoms with Crippen LogP contribution < -0.4 is 5.32 Å². The molecule has 5 rings (SSSR count). The average Bonchev–Trinajstić information content (AvgIpc) is 3.41. The highest BCUT2D eigenvalue weighted by Crippen LogP contribution is 2.36. The summed E-state index contributed by atoms with van der Waals surface area (Å²) in [6.07, 6.45) is 6.14. The minimum atomic E-state index is -0.153. The van der Waals surface area contributed by atoms with Crippen LogP contribution >= 0.6 is 11.6 Å². The summed E-state index contributed by atoms with van der Waals surface area (Å²) in [6.45, 7) is 6.75. The van der Waals surface area contributed by atoms with Gasteiger partial charge in [0.15, 0.2) is 0 Å². The van der Waals surface area contributed by atoms with Crippen LogP contribution in [0.4, 0.5) is 5.69 Å². The fourth-order valence-corrected chi connectivity index (χ4v) is 5.11. The molecule has 2 N–H and O–H groups in total. The van der Waals surface area contributed by atoms with E-state index >= 15 is 0 Å². The number of halogens is 1. The Kier molecular flexibility index (Phi) is 5.36. The van der Waals surface area contributed by atoms with Crippen LogP contribution in [-0.4, -0.2) is 59.3 Å². The van der Waals surface area contributed by atoms with Gasteiger partial charge in [-0.05, 0) is 75.5 Å². The molecule has 31 heavy (non-hydrogen) atoms. The molecule has 0 radical (unpaired) electrons. The summed E-state index contributed by atoms with van der Waals surface area (Å²) in [7, 11) is 0. The Morgan fingerprint density at radius 1 is 1.10 bits per heavy atom. The van der Waals surface area contributed by atoms with Gasteiger partial charge in [-0.15, -0.1) is 0 Å². The first-order chi connectivity index (χ1) is 15.0. The lowest BCUT2D eigenvalue weighted by atomic mass is 10.0. The molecule has 2 amide bonds. The second-order valence-corrected chi connectivity index (χ2v) is 9.10. The normalized spacial score (nSPS) is 20.2. The molecule has 4 heterocycles. The highest BCUT2D eigenvalue weighted by Gasteiger charge is 2.29. The molecule has 0 bridgehead atoms. The Bertz CT molecular complexity index is 1080. The molecule has 0 aliphatic carbocycles. The molecule has 2 aromatic rings. The van der Waals surface area contributed by atoms with E-state index in [0.29, 0.717) is 10.6 Å². The van der Waals surface area contributed by atoms with Crippen molar-refractivity contribution < 1.29 is 9.59 Å². The zero-order valence-electron chi connectivity index (χ0n) is 17.8. The van der Waals surface area contributed by atoms with Crippen LogP contribution in [0.1, 0.15) is 52.1 Å². The average molecular weight is 439 g/mol. The van der Waals surface area contributed by atoms with Crippen LogP contribution in [0.25, 0.3) is 11.6 Å². The Balaban J connectivity index is 1.44. The third-order valence-electron chi connectivity index (χ3n) is 6.66. The summed E-state index contributed by atoms with van der Waals surface area (Å²) in [6, 6.07) is 5.38. The van der Waals surface area contributed by atoms with E-state index in [0.717, 1.165) is 79.3 Å². The molecule has 1 saturated heterocycles. The van der Waals surface area contributed by atoms with Crippen molar-refractivity contribution in [2.75, 3.05) is 38.0 Å². The first-order valence-electron chi connectivity index (χ1n) is 11.1. The molecule has 1 aromatic carbocycles. The number of nitrogens with zero attached hydrogens (tertiary/aromatic N) is 2. The number of hydrogen-bond acceptors (Lipinski definition) is 3.